The quantitative estimate of drug-likeness (QED) is 0.400. The van der Waals surface area contributed by atoms with Crippen LogP contribution in [0.2, 0.25) is 0 Å². The molecule has 0 heterocycles. The van der Waals surface area contributed by atoms with Gasteiger partial charge in [-0.05, 0) is 24.1 Å². The van der Waals surface area contributed by atoms with E-state index in [0.717, 1.165) is 12.2 Å². The minimum Gasteiger partial charge on any atom is -0.497 e. The van der Waals surface area contributed by atoms with E-state index in [1.165, 1.54) is 37.7 Å². The predicted molar refractivity (Wildman–Crippen MR) is 76.4 cm³/mol. The molecule has 3 N–H and O–H groups in total. The van der Waals surface area contributed by atoms with Crippen molar-refractivity contribution >= 4 is 0 Å². The molecule has 0 aliphatic rings. The van der Waals surface area contributed by atoms with Gasteiger partial charge in [0.2, 0.25) is 0 Å². The maximum atomic E-state index is 5.65. The minimum atomic E-state index is 0.224. The highest BCUT2D eigenvalue weighted by atomic mass is 16.5. The summed E-state index contributed by atoms with van der Waals surface area (Å²) in [6.45, 7) is 2.24. The number of benzene rings is 1. The number of hydrogen-bond acceptors (Lipinski definition) is 3. The summed E-state index contributed by atoms with van der Waals surface area (Å²) in [6.07, 6.45) is 7.52. The van der Waals surface area contributed by atoms with Crippen molar-refractivity contribution in [3.05, 3.63) is 29.8 Å². The maximum Gasteiger partial charge on any atom is 0.119 e. The topological polar surface area (TPSA) is 47.3 Å². The highest BCUT2D eigenvalue weighted by Gasteiger charge is 2.09. The van der Waals surface area contributed by atoms with Gasteiger partial charge in [-0.3, -0.25) is 11.3 Å². The normalized spacial score (nSPS) is 12.4. The first-order valence-electron chi connectivity index (χ1n) is 6.92. The SMILES string of the molecule is CCCCCCCC(NN)c1cccc(OC)c1. The lowest BCUT2D eigenvalue weighted by molar-refractivity contribution is 0.411. The third kappa shape index (κ3) is 5.07. The predicted octanol–water partition coefficient (Wildman–Crippen LogP) is 3.56. The molecule has 102 valence electrons. The van der Waals surface area contributed by atoms with Crippen molar-refractivity contribution in [1.82, 2.24) is 5.43 Å². The van der Waals surface area contributed by atoms with Crippen LogP contribution in [0, 0.1) is 0 Å². The number of hydrazine groups is 1. The number of nitrogens with two attached hydrogens (primary N) is 1. The third-order valence-electron chi connectivity index (χ3n) is 3.29. The Balaban J connectivity index is 2.44. The fraction of sp³-hybridized carbons (Fsp3) is 0.600. The molecule has 1 aromatic rings. The number of methoxy groups -OCH3 is 1. The van der Waals surface area contributed by atoms with Crippen LogP contribution in [0.5, 0.6) is 5.75 Å². The van der Waals surface area contributed by atoms with Crippen LogP contribution in [0.4, 0.5) is 0 Å². The molecule has 0 aromatic heterocycles. The van der Waals surface area contributed by atoms with Crippen molar-refractivity contribution in [2.75, 3.05) is 7.11 Å². The molecular formula is C15H26N2O. The van der Waals surface area contributed by atoms with E-state index in [4.69, 9.17) is 10.6 Å². The fourth-order valence-electron chi connectivity index (χ4n) is 2.16. The van der Waals surface area contributed by atoms with Crippen LogP contribution in [0.15, 0.2) is 24.3 Å². The number of rotatable bonds is 9. The zero-order valence-electron chi connectivity index (χ0n) is 11.6. The van der Waals surface area contributed by atoms with Gasteiger partial charge in [-0.2, -0.15) is 0 Å². The molecule has 1 unspecified atom stereocenters. The van der Waals surface area contributed by atoms with Crippen molar-refractivity contribution in [3.8, 4) is 5.75 Å². The van der Waals surface area contributed by atoms with E-state index < -0.39 is 0 Å². The largest absolute Gasteiger partial charge is 0.497 e. The second kappa shape index (κ2) is 8.95. The smallest absolute Gasteiger partial charge is 0.119 e. The lowest BCUT2D eigenvalue weighted by atomic mass is 10.00. The molecule has 0 amide bonds. The molecule has 3 heteroatoms. The van der Waals surface area contributed by atoms with E-state index >= 15 is 0 Å². The lowest BCUT2D eigenvalue weighted by Crippen LogP contribution is -2.27. The van der Waals surface area contributed by atoms with E-state index in [-0.39, 0.29) is 6.04 Å². The highest BCUT2D eigenvalue weighted by molar-refractivity contribution is 5.30. The van der Waals surface area contributed by atoms with E-state index in [1.54, 1.807) is 7.11 Å². The van der Waals surface area contributed by atoms with Gasteiger partial charge < -0.3 is 4.74 Å². The molecule has 0 aliphatic carbocycles. The molecular weight excluding hydrogens is 224 g/mol. The molecule has 18 heavy (non-hydrogen) atoms. The van der Waals surface area contributed by atoms with Gasteiger partial charge in [-0.1, -0.05) is 51.2 Å². The van der Waals surface area contributed by atoms with Gasteiger partial charge in [0.05, 0.1) is 7.11 Å². The zero-order valence-corrected chi connectivity index (χ0v) is 11.6. The van der Waals surface area contributed by atoms with E-state index in [1.807, 2.05) is 12.1 Å². The van der Waals surface area contributed by atoms with Crippen LogP contribution < -0.4 is 16.0 Å². The molecule has 0 spiro atoms. The Morgan fingerprint density at radius 2 is 2.00 bits per heavy atom. The van der Waals surface area contributed by atoms with Crippen LogP contribution in [-0.4, -0.2) is 7.11 Å². The summed E-state index contributed by atoms with van der Waals surface area (Å²) in [5.74, 6) is 6.53. The Labute approximate surface area is 111 Å². The minimum absolute atomic E-state index is 0.224. The molecule has 0 aliphatic heterocycles. The molecule has 0 saturated heterocycles. The second-order valence-electron chi connectivity index (χ2n) is 4.70. The van der Waals surface area contributed by atoms with E-state index in [9.17, 15) is 0 Å². The van der Waals surface area contributed by atoms with Crippen LogP contribution in [0.1, 0.15) is 57.1 Å². The van der Waals surface area contributed by atoms with Crippen molar-refractivity contribution in [2.45, 2.75) is 51.5 Å². The lowest BCUT2D eigenvalue weighted by Gasteiger charge is -2.17. The zero-order chi connectivity index (χ0) is 13.2. The van der Waals surface area contributed by atoms with Gasteiger partial charge >= 0.3 is 0 Å². The molecule has 1 rings (SSSR count). The molecule has 0 saturated carbocycles. The Morgan fingerprint density at radius 3 is 2.67 bits per heavy atom. The fourth-order valence-corrected chi connectivity index (χ4v) is 2.16. The summed E-state index contributed by atoms with van der Waals surface area (Å²) in [6, 6.07) is 8.34. The van der Waals surface area contributed by atoms with Crippen molar-refractivity contribution in [2.24, 2.45) is 5.84 Å². The summed E-state index contributed by atoms with van der Waals surface area (Å²) in [4.78, 5) is 0. The number of nitrogens with one attached hydrogen (secondary N) is 1. The van der Waals surface area contributed by atoms with Gasteiger partial charge in [0.1, 0.15) is 5.75 Å². The van der Waals surface area contributed by atoms with Gasteiger partial charge in [0.25, 0.3) is 0 Å². The maximum absolute atomic E-state index is 5.65. The first-order valence-corrected chi connectivity index (χ1v) is 6.92. The highest BCUT2D eigenvalue weighted by Crippen LogP contribution is 2.23. The third-order valence-corrected chi connectivity index (χ3v) is 3.29. The summed E-state index contributed by atoms with van der Waals surface area (Å²) < 4.78 is 5.24. The Morgan fingerprint density at radius 1 is 1.22 bits per heavy atom. The number of hydrogen-bond donors (Lipinski definition) is 2. The van der Waals surface area contributed by atoms with E-state index in [2.05, 4.69) is 24.5 Å². The molecule has 1 atom stereocenters. The Kier molecular flexibility index (Phi) is 7.46. The number of ether oxygens (including phenoxy) is 1. The summed E-state index contributed by atoms with van der Waals surface area (Å²) in [5, 5.41) is 0. The first-order chi connectivity index (χ1) is 8.81. The first kappa shape index (κ1) is 15.0. The Bertz CT molecular complexity index is 328. The van der Waals surface area contributed by atoms with Crippen molar-refractivity contribution in [3.63, 3.8) is 0 Å². The van der Waals surface area contributed by atoms with Crippen LogP contribution in [-0.2, 0) is 0 Å². The summed E-state index contributed by atoms with van der Waals surface area (Å²) in [7, 11) is 1.69. The molecule has 1 aromatic carbocycles. The molecule has 3 nitrogen and oxygen atoms in total. The van der Waals surface area contributed by atoms with Gasteiger partial charge in [-0.25, -0.2) is 0 Å². The number of unbranched alkanes of at least 4 members (excludes halogenated alkanes) is 4. The van der Waals surface area contributed by atoms with Crippen molar-refractivity contribution in [1.29, 1.82) is 0 Å². The van der Waals surface area contributed by atoms with Crippen LogP contribution in [0.25, 0.3) is 0 Å². The van der Waals surface area contributed by atoms with Crippen LogP contribution >= 0.6 is 0 Å². The summed E-state index contributed by atoms with van der Waals surface area (Å²) >= 11 is 0. The standard InChI is InChI=1S/C15H26N2O/c1-3-4-5-6-7-11-15(17-16)13-9-8-10-14(12-13)18-2/h8-10,12,15,17H,3-7,11,16H2,1-2H3. The van der Waals surface area contributed by atoms with Crippen molar-refractivity contribution < 1.29 is 4.74 Å². The van der Waals surface area contributed by atoms with Crippen LogP contribution in [0.3, 0.4) is 0 Å². The van der Waals surface area contributed by atoms with Gasteiger partial charge in [0, 0.05) is 6.04 Å². The average molecular weight is 250 g/mol. The molecule has 0 radical (unpaired) electrons. The van der Waals surface area contributed by atoms with Gasteiger partial charge in [-0.15, -0.1) is 0 Å². The molecule has 0 fully saturated rings. The molecule has 0 bridgehead atoms. The van der Waals surface area contributed by atoms with E-state index in [0.29, 0.717) is 0 Å². The monoisotopic (exact) mass is 250 g/mol. The summed E-state index contributed by atoms with van der Waals surface area (Å²) in [5.41, 5.74) is 4.11. The second-order valence-corrected chi connectivity index (χ2v) is 4.70. The Hall–Kier alpha value is -1.06. The van der Waals surface area contributed by atoms with Gasteiger partial charge in [0.15, 0.2) is 0 Å². The average Bonchev–Trinajstić information content (AvgIpc) is 2.43.